The fraction of sp³-hybridized carbons (Fsp3) is 0.778. The SMILES string of the molecule is ClCC1NC=CN1C1CCOCC1. The van der Waals surface area contributed by atoms with Crippen molar-refractivity contribution in [2.45, 2.75) is 25.0 Å². The molecule has 0 aromatic rings. The molecular formula is C9H15ClN2O. The van der Waals surface area contributed by atoms with Gasteiger partial charge in [0, 0.05) is 31.7 Å². The number of hydrogen-bond donors (Lipinski definition) is 1. The van der Waals surface area contributed by atoms with E-state index in [1.54, 1.807) is 0 Å². The van der Waals surface area contributed by atoms with Crippen LogP contribution in [0.25, 0.3) is 0 Å². The molecule has 0 aromatic carbocycles. The van der Waals surface area contributed by atoms with Crippen LogP contribution < -0.4 is 5.32 Å². The van der Waals surface area contributed by atoms with Gasteiger partial charge in [0.1, 0.15) is 6.17 Å². The molecule has 1 atom stereocenters. The van der Waals surface area contributed by atoms with Crippen LogP contribution in [0.4, 0.5) is 0 Å². The quantitative estimate of drug-likeness (QED) is 0.679. The highest BCUT2D eigenvalue weighted by molar-refractivity contribution is 6.18. The van der Waals surface area contributed by atoms with Crippen molar-refractivity contribution in [3.8, 4) is 0 Å². The Bertz CT molecular complexity index is 192. The van der Waals surface area contributed by atoms with Crippen molar-refractivity contribution in [1.82, 2.24) is 10.2 Å². The maximum Gasteiger partial charge on any atom is 0.112 e. The van der Waals surface area contributed by atoms with E-state index in [-0.39, 0.29) is 6.17 Å². The Hall–Kier alpha value is -0.410. The molecule has 0 aliphatic carbocycles. The van der Waals surface area contributed by atoms with Crippen molar-refractivity contribution < 1.29 is 4.74 Å². The molecule has 2 heterocycles. The smallest absolute Gasteiger partial charge is 0.112 e. The summed E-state index contributed by atoms with van der Waals surface area (Å²) in [5, 5.41) is 3.23. The second-order valence-corrected chi connectivity index (χ2v) is 3.75. The summed E-state index contributed by atoms with van der Waals surface area (Å²) < 4.78 is 5.32. The molecule has 0 aromatic heterocycles. The van der Waals surface area contributed by atoms with Gasteiger partial charge in [0.05, 0.1) is 5.88 Å². The maximum absolute atomic E-state index is 5.85. The summed E-state index contributed by atoms with van der Waals surface area (Å²) in [7, 11) is 0. The molecule has 1 fully saturated rings. The number of halogens is 1. The average molecular weight is 203 g/mol. The largest absolute Gasteiger partial charge is 0.381 e. The van der Waals surface area contributed by atoms with Crippen LogP contribution in [0.1, 0.15) is 12.8 Å². The highest BCUT2D eigenvalue weighted by Gasteiger charge is 2.26. The fourth-order valence-corrected chi connectivity index (χ4v) is 2.16. The van der Waals surface area contributed by atoms with Crippen molar-refractivity contribution >= 4 is 11.6 Å². The normalized spacial score (nSPS) is 29.3. The van der Waals surface area contributed by atoms with Gasteiger partial charge in [-0.2, -0.15) is 0 Å². The van der Waals surface area contributed by atoms with Crippen molar-refractivity contribution in [3.05, 3.63) is 12.4 Å². The summed E-state index contributed by atoms with van der Waals surface area (Å²) in [4.78, 5) is 2.32. The predicted octanol–water partition coefficient (Wildman–Crippen LogP) is 1.11. The van der Waals surface area contributed by atoms with E-state index in [2.05, 4.69) is 16.4 Å². The molecule has 1 unspecified atom stereocenters. The molecular weight excluding hydrogens is 188 g/mol. The lowest BCUT2D eigenvalue weighted by molar-refractivity contribution is 0.0413. The van der Waals surface area contributed by atoms with Crippen molar-refractivity contribution in [2.24, 2.45) is 0 Å². The van der Waals surface area contributed by atoms with Gasteiger partial charge in [0.15, 0.2) is 0 Å². The van der Waals surface area contributed by atoms with Crippen LogP contribution >= 0.6 is 11.6 Å². The lowest BCUT2D eigenvalue weighted by atomic mass is 10.1. The van der Waals surface area contributed by atoms with Gasteiger partial charge in [-0.15, -0.1) is 11.6 Å². The minimum atomic E-state index is 0.282. The molecule has 0 bridgehead atoms. The molecule has 3 nitrogen and oxygen atoms in total. The van der Waals surface area contributed by atoms with E-state index in [9.17, 15) is 0 Å². The zero-order valence-corrected chi connectivity index (χ0v) is 8.33. The highest BCUT2D eigenvalue weighted by Crippen LogP contribution is 2.19. The van der Waals surface area contributed by atoms with Gasteiger partial charge in [-0.25, -0.2) is 0 Å². The zero-order chi connectivity index (χ0) is 9.10. The molecule has 1 saturated heterocycles. The van der Waals surface area contributed by atoms with Gasteiger partial charge in [0.2, 0.25) is 0 Å². The monoisotopic (exact) mass is 202 g/mol. The molecule has 2 aliphatic heterocycles. The van der Waals surface area contributed by atoms with Gasteiger partial charge in [-0.05, 0) is 12.8 Å². The predicted molar refractivity (Wildman–Crippen MR) is 52.5 cm³/mol. The van der Waals surface area contributed by atoms with Crippen LogP contribution in [0.3, 0.4) is 0 Å². The Balaban J connectivity index is 1.93. The molecule has 1 N–H and O–H groups in total. The molecule has 0 radical (unpaired) electrons. The maximum atomic E-state index is 5.85. The molecule has 0 spiro atoms. The van der Waals surface area contributed by atoms with Gasteiger partial charge in [0.25, 0.3) is 0 Å². The second-order valence-electron chi connectivity index (χ2n) is 3.44. The van der Waals surface area contributed by atoms with E-state index in [0.717, 1.165) is 26.1 Å². The molecule has 13 heavy (non-hydrogen) atoms. The van der Waals surface area contributed by atoms with Gasteiger partial charge in [-0.3, -0.25) is 0 Å². The zero-order valence-electron chi connectivity index (χ0n) is 7.58. The lowest BCUT2D eigenvalue weighted by Crippen LogP contribution is -2.45. The fourth-order valence-electron chi connectivity index (χ4n) is 1.91. The van der Waals surface area contributed by atoms with E-state index >= 15 is 0 Å². The molecule has 0 saturated carbocycles. The molecule has 0 amide bonds. The Kier molecular flexibility index (Phi) is 2.96. The Morgan fingerprint density at radius 2 is 2.23 bits per heavy atom. The van der Waals surface area contributed by atoms with Crippen molar-refractivity contribution in [3.63, 3.8) is 0 Å². The van der Waals surface area contributed by atoms with Gasteiger partial charge >= 0.3 is 0 Å². The van der Waals surface area contributed by atoms with E-state index < -0.39 is 0 Å². The van der Waals surface area contributed by atoms with Gasteiger partial charge in [-0.1, -0.05) is 0 Å². The molecule has 2 rings (SSSR count). The number of ether oxygens (including phenoxy) is 1. The molecule has 74 valence electrons. The van der Waals surface area contributed by atoms with Crippen molar-refractivity contribution in [2.75, 3.05) is 19.1 Å². The Morgan fingerprint density at radius 1 is 1.46 bits per heavy atom. The molecule has 2 aliphatic rings. The average Bonchev–Trinajstić information content (AvgIpc) is 2.67. The highest BCUT2D eigenvalue weighted by atomic mass is 35.5. The summed E-state index contributed by atoms with van der Waals surface area (Å²) in [5.41, 5.74) is 0. The topological polar surface area (TPSA) is 24.5 Å². The summed E-state index contributed by atoms with van der Waals surface area (Å²) in [5.74, 6) is 0.629. The third kappa shape index (κ3) is 1.92. The first-order valence-electron chi connectivity index (χ1n) is 4.75. The number of hydrogen-bond acceptors (Lipinski definition) is 3. The Labute approximate surface area is 83.7 Å². The number of alkyl halides is 1. The third-order valence-corrected chi connectivity index (χ3v) is 2.95. The minimum Gasteiger partial charge on any atom is -0.381 e. The third-order valence-electron chi connectivity index (χ3n) is 2.65. The standard InChI is InChI=1S/C9H15ClN2O/c10-7-9-11-3-4-12(9)8-1-5-13-6-2-8/h3-4,8-9,11H,1-2,5-7H2. The number of nitrogens with one attached hydrogen (secondary N) is 1. The van der Waals surface area contributed by atoms with Crippen LogP contribution in [0.5, 0.6) is 0 Å². The Morgan fingerprint density at radius 3 is 2.92 bits per heavy atom. The van der Waals surface area contributed by atoms with Crippen LogP contribution in [0.2, 0.25) is 0 Å². The summed E-state index contributed by atoms with van der Waals surface area (Å²) in [6.45, 7) is 1.76. The van der Waals surface area contributed by atoms with Crippen molar-refractivity contribution in [1.29, 1.82) is 0 Å². The first-order chi connectivity index (χ1) is 6.42. The van der Waals surface area contributed by atoms with Crippen LogP contribution in [-0.2, 0) is 4.74 Å². The first-order valence-corrected chi connectivity index (χ1v) is 5.29. The van der Waals surface area contributed by atoms with E-state index in [1.165, 1.54) is 0 Å². The first kappa shape index (κ1) is 9.16. The molecule has 4 heteroatoms. The summed E-state index contributed by atoms with van der Waals surface area (Å²) in [6.07, 6.45) is 6.58. The van der Waals surface area contributed by atoms with Crippen LogP contribution in [0.15, 0.2) is 12.4 Å². The summed E-state index contributed by atoms with van der Waals surface area (Å²) in [6, 6.07) is 0.601. The van der Waals surface area contributed by atoms with Crippen LogP contribution in [0, 0.1) is 0 Å². The van der Waals surface area contributed by atoms with Crippen LogP contribution in [-0.4, -0.2) is 36.2 Å². The van der Waals surface area contributed by atoms with Gasteiger partial charge < -0.3 is 15.0 Å². The minimum absolute atomic E-state index is 0.282. The second kappa shape index (κ2) is 4.20. The number of rotatable bonds is 2. The van der Waals surface area contributed by atoms with E-state index in [0.29, 0.717) is 11.9 Å². The lowest BCUT2D eigenvalue weighted by Gasteiger charge is -2.35. The summed E-state index contributed by atoms with van der Waals surface area (Å²) >= 11 is 5.85. The van der Waals surface area contributed by atoms with E-state index in [1.807, 2.05) is 6.20 Å². The van der Waals surface area contributed by atoms with E-state index in [4.69, 9.17) is 16.3 Å². The number of nitrogens with zero attached hydrogens (tertiary/aromatic N) is 1.